The lowest BCUT2D eigenvalue weighted by molar-refractivity contribution is -0.129. The van der Waals surface area contributed by atoms with Gasteiger partial charge in [0.25, 0.3) is 5.91 Å². The molecule has 1 aromatic carbocycles. The van der Waals surface area contributed by atoms with E-state index in [1.807, 2.05) is 19.9 Å². The van der Waals surface area contributed by atoms with Crippen LogP contribution in [0.2, 0.25) is 0 Å². The lowest BCUT2D eigenvalue weighted by Crippen LogP contribution is -2.38. The molecule has 0 bridgehead atoms. The van der Waals surface area contributed by atoms with Crippen LogP contribution in [0.3, 0.4) is 0 Å². The molecule has 5 heteroatoms. The molecule has 0 aromatic heterocycles. The standard InChI is InChI=1S/C14H22N2O3/c1-10-6-11(2)12(13(7-10)18-5)8-19-9-14(17)15-16(3)4/h6-7H,8-9H2,1-5H3,(H,15,17). The first kappa shape index (κ1) is 15.5. The van der Waals surface area contributed by atoms with Crippen LogP contribution in [0.25, 0.3) is 0 Å². The highest BCUT2D eigenvalue weighted by Crippen LogP contribution is 2.24. The van der Waals surface area contributed by atoms with Gasteiger partial charge in [0.05, 0.1) is 13.7 Å². The van der Waals surface area contributed by atoms with Gasteiger partial charge in [-0.05, 0) is 31.0 Å². The van der Waals surface area contributed by atoms with Gasteiger partial charge < -0.3 is 9.47 Å². The molecule has 19 heavy (non-hydrogen) atoms. The quantitative estimate of drug-likeness (QED) is 0.791. The summed E-state index contributed by atoms with van der Waals surface area (Å²) in [7, 11) is 5.15. The zero-order valence-corrected chi connectivity index (χ0v) is 12.2. The van der Waals surface area contributed by atoms with Crippen molar-refractivity contribution in [2.24, 2.45) is 0 Å². The molecule has 1 aromatic rings. The summed E-state index contributed by atoms with van der Waals surface area (Å²) < 4.78 is 10.8. The fraction of sp³-hybridized carbons (Fsp3) is 0.500. The van der Waals surface area contributed by atoms with E-state index in [9.17, 15) is 4.79 Å². The van der Waals surface area contributed by atoms with Gasteiger partial charge in [0.15, 0.2) is 0 Å². The number of nitrogens with one attached hydrogen (secondary N) is 1. The molecule has 0 spiro atoms. The highest BCUT2D eigenvalue weighted by Gasteiger charge is 2.09. The minimum atomic E-state index is -0.172. The van der Waals surface area contributed by atoms with E-state index in [1.165, 1.54) is 0 Å². The SMILES string of the molecule is COc1cc(C)cc(C)c1COCC(=O)NN(C)C. The van der Waals surface area contributed by atoms with Crippen LogP contribution in [-0.4, -0.2) is 38.7 Å². The molecule has 0 aliphatic heterocycles. The van der Waals surface area contributed by atoms with Gasteiger partial charge in [-0.2, -0.15) is 0 Å². The number of ether oxygens (including phenoxy) is 2. The Morgan fingerprint density at radius 3 is 2.58 bits per heavy atom. The number of amides is 1. The number of benzene rings is 1. The van der Waals surface area contributed by atoms with Crippen LogP contribution in [0.1, 0.15) is 16.7 Å². The van der Waals surface area contributed by atoms with Gasteiger partial charge in [0, 0.05) is 19.7 Å². The first-order chi connectivity index (χ1) is 8.93. The Morgan fingerprint density at radius 1 is 1.32 bits per heavy atom. The van der Waals surface area contributed by atoms with Crippen LogP contribution in [0, 0.1) is 13.8 Å². The van der Waals surface area contributed by atoms with E-state index < -0.39 is 0 Å². The van der Waals surface area contributed by atoms with Crippen LogP contribution in [0.15, 0.2) is 12.1 Å². The van der Waals surface area contributed by atoms with Gasteiger partial charge in [0.2, 0.25) is 0 Å². The average Bonchev–Trinajstić information content (AvgIpc) is 2.30. The van der Waals surface area contributed by atoms with Crippen molar-refractivity contribution in [1.29, 1.82) is 0 Å². The van der Waals surface area contributed by atoms with E-state index in [0.29, 0.717) is 6.61 Å². The number of hydrogen-bond acceptors (Lipinski definition) is 4. The largest absolute Gasteiger partial charge is 0.496 e. The molecule has 0 heterocycles. The second-order valence-corrected chi connectivity index (χ2v) is 4.68. The van der Waals surface area contributed by atoms with Crippen molar-refractivity contribution in [2.45, 2.75) is 20.5 Å². The molecule has 0 aliphatic rings. The van der Waals surface area contributed by atoms with Crippen molar-refractivity contribution in [1.82, 2.24) is 10.4 Å². The highest BCUT2D eigenvalue weighted by molar-refractivity contribution is 5.76. The smallest absolute Gasteiger partial charge is 0.260 e. The third-order valence-corrected chi connectivity index (χ3v) is 2.62. The first-order valence-electron chi connectivity index (χ1n) is 6.12. The fourth-order valence-corrected chi connectivity index (χ4v) is 1.85. The lowest BCUT2D eigenvalue weighted by atomic mass is 10.1. The topological polar surface area (TPSA) is 50.8 Å². The summed E-state index contributed by atoms with van der Waals surface area (Å²) in [6, 6.07) is 4.03. The highest BCUT2D eigenvalue weighted by atomic mass is 16.5. The lowest BCUT2D eigenvalue weighted by Gasteiger charge is -2.14. The molecule has 0 fully saturated rings. The van der Waals surface area contributed by atoms with Gasteiger partial charge in [-0.3, -0.25) is 10.2 Å². The van der Waals surface area contributed by atoms with Gasteiger partial charge in [0.1, 0.15) is 12.4 Å². The summed E-state index contributed by atoms with van der Waals surface area (Å²) in [5.74, 6) is 0.624. The summed E-state index contributed by atoms with van der Waals surface area (Å²) in [6.45, 7) is 4.41. The second-order valence-electron chi connectivity index (χ2n) is 4.68. The summed E-state index contributed by atoms with van der Waals surface area (Å²) in [4.78, 5) is 11.4. The summed E-state index contributed by atoms with van der Waals surface area (Å²) in [6.07, 6.45) is 0. The molecule has 0 aliphatic carbocycles. The Hall–Kier alpha value is -1.59. The number of hydrogen-bond donors (Lipinski definition) is 1. The molecule has 0 atom stereocenters. The van der Waals surface area contributed by atoms with Crippen molar-refractivity contribution in [3.05, 3.63) is 28.8 Å². The average molecular weight is 266 g/mol. The van der Waals surface area contributed by atoms with Crippen molar-refractivity contribution in [2.75, 3.05) is 27.8 Å². The molecular weight excluding hydrogens is 244 g/mol. The maximum atomic E-state index is 11.4. The van der Waals surface area contributed by atoms with Gasteiger partial charge in [-0.15, -0.1) is 0 Å². The molecule has 0 unspecified atom stereocenters. The van der Waals surface area contributed by atoms with Crippen molar-refractivity contribution in [3.8, 4) is 5.75 Å². The zero-order chi connectivity index (χ0) is 14.4. The van der Waals surface area contributed by atoms with Crippen LogP contribution >= 0.6 is 0 Å². The van der Waals surface area contributed by atoms with E-state index in [-0.39, 0.29) is 12.5 Å². The first-order valence-corrected chi connectivity index (χ1v) is 6.12. The molecule has 1 rings (SSSR count). The monoisotopic (exact) mass is 266 g/mol. The molecular formula is C14H22N2O3. The minimum absolute atomic E-state index is 0.0225. The van der Waals surface area contributed by atoms with Crippen LogP contribution in [0.5, 0.6) is 5.75 Å². The maximum absolute atomic E-state index is 11.4. The normalized spacial score (nSPS) is 10.6. The van der Waals surface area contributed by atoms with Gasteiger partial charge in [-0.25, -0.2) is 5.01 Å². The van der Waals surface area contributed by atoms with Gasteiger partial charge >= 0.3 is 0 Å². The molecule has 106 valence electrons. The van der Waals surface area contributed by atoms with E-state index >= 15 is 0 Å². The third-order valence-electron chi connectivity index (χ3n) is 2.62. The molecule has 1 N–H and O–H groups in total. The zero-order valence-electron chi connectivity index (χ0n) is 12.2. The Kier molecular flexibility index (Phi) is 5.79. The Labute approximate surface area is 114 Å². The molecule has 1 amide bonds. The number of aryl methyl sites for hydroxylation is 2. The molecule has 0 radical (unpaired) electrons. The van der Waals surface area contributed by atoms with E-state index in [2.05, 4.69) is 11.5 Å². The number of rotatable bonds is 6. The van der Waals surface area contributed by atoms with Gasteiger partial charge in [-0.1, -0.05) is 6.07 Å². The Balaban J connectivity index is 2.60. The predicted octanol–water partition coefficient (Wildman–Crippen LogP) is 1.42. The Morgan fingerprint density at radius 2 is 2.00 bits per heavy atom. The van der Waals surface area contributed by atoms with Crippen LogP contribution in [0.4, 0.5) is 0 Å². The molecule has 0 saturated heterocycles. The number of methoxy groups -OCH3 is 1. The predicted molar refractivity (Wildman–Crippen MR) is 74.0 cm³/mol. The number of hydrazine groups is 1. The molecule has 5 nitrogen and oxygen atoms in total. The summed E-state index contributed by atoms with van der Waals surface area (Å²) >= 11 is 0. The van der Waals surface area contributed by atoms with Crippen molar-refractivity contribution < 1.29 is 14.3 Å². The van der Waals surface area contributed by atoms with E-state index in [0.717, 1.165) is 22.4 Å². The van der Waals surface area contributed by atoms with Crippen LogP contribution in [-0.2, 0) is 16.1 Å². The second kappa shape index (κ2) is 7.11. The number of carbonyl (C=O) groups is 1. The van der Waals surface area contributed by atoms with Crippen molar-refractivity contribution in [3.63, 3.8) is 0 Å². The Bertz CT molecular complexity index is 445. The van der Waals surface area contributed by atoms with E-state index in [1.54, 1.807) is 26.2 Å². The van der Waals surface area contributed by atoms with Crippen molar-refractivity contribution >= 4 is 5.91 Å². The fourth-order valence-electron chi connectivity index (χ4n) is 1.85. The molecule has 0 saturated carbocycles. The summed E-state index contributed by atoms with van der Waals surface area (Å²) in [5.41, 5.74) is 5.84. The number of nitrogens with zero attached hydrogens (tertiary/aromatic N) is 1. The summed E-state index contributed by atoms with van der Waals surface area (Å²) in [5, 5.41) is 1.59. The minimum Gasteiger partial charge on any atom is -0.496 e. The third kappa shape index (κ3) is 4.89. The van der Waals surface area contributed by atoms with E-state index in [4.69, 9.17) is 9.47 Å². The number of carbonyl (C=O) groups excluding carboxylic acids is 1. The van der Waals surface area contributed by atoms with Crippen LogP contribution < -0.4 is 10.2 Å². The maximum Gasteiger partial charge on any atom is 0.260 e.